The highest BCUT2D eigenvalue weighted by molar-refractivity contribution is 6.36. The third kappa shape index (κ3) is 4.75. The zero-order valence-electron chi connectivity index (χ0n) is 14.8. The molecule has 1 amide bonds. The molecule has 0 bridgehead atoms. The minimum Gasteiger partial charge on any atom is -0.354 e. The van der Waals surface area contributed by atoms with Gasteiger partial charge in [-0.15, -0.1) is 0 Å². The molecule has 1 fully saturated rings. The van der Waals surface area contributed by atoms with Crippen LogP contribution in [-0.2, 0) is 11.3 Å². The van der Waals surface area contributed by atoms with E-state index in [2.05, 4.69) is 20.4 Å². The normalized spacial score (nSPS) is 16.2. The molecule has 1 N–H and O–H groups in total. The Morgan fingerprint density at radius 2 is 2.08 bits per heavy atom. The molecule has 0 saturated carbocycles. The van der Waals surface area contributed by atoms with Gasteiger partial charge in [-0.2, -0.15) is 4.98 Å². The third-order valence-electron chi connectivity index (χ3n) is 4.39. The molecule has 26 heavy (non-hydrogen) atoms. The van der Waals surface area contributed by atoms with Crippen LogP contribution in [0.15, 0.2) is 22.7 Å². The fourth-order valence-corrected chi connectivity index (χ4v) is 3.54. The van der Waals surface area contributed by atoms with Crippen LogP contribution in [0.5, 0.6) is 0 Å². The van der Waals surface area contributed by atoms with Crippen LogP contribution in [0.3, 0.4) is 0 Å². The molecule has 3 rings (SSSR count). The van der Waals surface area contributed by atoms with E-state index in [1.807, 2.05) is 13.8 Å². The van der Waals surface area contributed by atoms with E-state index >= 15 is 0 Å². The van der Waals surface area contributed by atoms with Crippen molar-refractivity contribution in [3.05, 3.63) is 34.1 Å². The molecule has 8 heteroatoms. The first-order valence-corrected chi connectivity index (χ1v) is 9.48. The summed E-state index contributed by atoms with van der Waals surface area (Å²) >= 11 is 12.1. The van der Waals surface area contributed by atoms with Gasteiger partial charge in [0.25, 0.3) is 0 Å². The zero-order valence-corrected chi connectivity index (χ0v) is 16.3. The van der Waals surface area contributed by atoms with E-state index in [4.69, 9.17) is 27.7 Å². The molecule has 0 atom stereocenters. The van der Waals surface area contributed by atoms with Crippen molar-refractivity contribution in [2.75, 3.05) is 13.1 Å². The summed E-state index contributed by atoms with van der Waals surface area (Å²) in [6, 6.07) is 5.35. The Bertz CT molecular complexity index is 770. The van der Waals surface area contributed by atoms with E-state index < -0.39 is 0 Å². The predicted molar refractivity (Wildman–Crippen MR) is 101 cm³/mol. The molecule has 2 heterocycles. The number of hydrogen-bond acceptors (Lipinski definition) is 5. The minimum atomic E-state index is 0.0831. The van der Waals surface area contributed by atoms with Gasteiger partial charge in [-0.05, 0) is 58.0 Å². The number of aromatic nitrogens is 2. The van der Waals surface area contributed by atoms with Crippen molar-refractivity contribution >= 4 is 29.1 Å². The highest BCUT2D eigenvalue weighted by Gasteiger charge is 2.26. The van der Waals surface area contributed by atoms with Crippen molar-refractivity contribution in [3.8, 4) is 11.4 Å². The summed E-state index contributed by atoms with van der Waals surface area (Å²) in [6.07, 6.45) is 1.67. The van der Waals surface area contributed by atoms with E-state index in [1.54, 1.807) is 18.2 Å². The standard InChI is InChI=1S/C18H22Cl2N4O2/c1-11(2)21-18(25)12-5-7-24(8-6-12)10-16-22-17(23-26-16)14-4-3-13(19)9-15(14)20/h3-4,9,11-12H,5-8,10H2,1-2H3,(H,21,25). The maximum atomic E-state index is 12.1. The van der Waals surface area contributed by atoms with Gasteiger partial charge < -0.3 is 9.84 Å². The van der Waals surface area contributed by atoms with Gasteiger partial charge in [0.1, 0.15) is 0 Å². The molecule has 1 aromatic carbocycles. The van der Waals surface area contributed by atoms with Crippen LogP contribution in [0, 0.1) is 5.92 Å². The zero-order chi connectivity index (χ0) is 18.7. The van der Waals surface area contributed by atoms with Gasteiger partial charge in [0.05, 0.1) is 11.6 Å². The number of halogens is 2. The van der Waals surface area contributed by atoms with E-state index in [1.165, 1.54) is 0 Å². The molecule has 0 unspecified atom stereocenters. The Morgan fingerprint density at radius 3 is 2.73 bits per heavy atom. The first-order chi connectivity index (χ1) is 12.4. The van der Waals surface area contributed by atoms with Gasteiger partial charge in [0.15, 0.2) is 0 Å². The van der Waals surface area contributed by atoms with Gasteiger partial charge in [0, 0.05) is 22.5 Å². The van der Waals surface area contributed by atoms with Crippen LogP contribution in [0.4, 0.5) is 0 Å². The molecule has 0 aliphatic carbocycles. The second-order valence-electron chi connectivity index (χ2n) is 6.85. The van der Waals surface area contributed by atoms with Crippen LogP contribution in [-0.4, -0.2) is 40.1 Å². The number of hydrogen-bond donors (Lipinski definition) is 1. The van der Waals surface area contributed by atoms with E-state index in [-0.39, 0.29) is 17.9 Å². The summed E-state index contributed by atoms with van der Waals surface area (Å²) in [4.78, 5) is 18.8. The average molecular weight is 397 g/mol. The maximum Gasteiger partial charge on any atom is 0.241 e. The summed E-state index contributed by atoms with van der Waals surface area (Å²) in [7, 11) is 0. The summed E-state index contributed by atoms with van der Waals surface area (Å²) in [5.41, 5.74) is 0.690. The van der Waals surface area contributed by atoms with Crippen molar-refractivity contribution in [1.82, 2.24) is 20.4 Å². The van der Waals surface area contributed by atoms with Crippen molar-refractivity contribution in [2.24, 2.45) is 5.92 Å². The van der Waals surface area contributed by atoms with Crippen molar-refractivity contribution in [2.45, 2.75) is 39.3 Å². The Labute approximate surface area is 162 Å². The topological polar surface area (TPSA) is 71.3 Å². The van der Waals surface area contributed by atoms with Crippen LogP contribution in [0.1, 0.15) is 32.6 Å². The monoisotopic (exact) mass is 396 g/mol. The highest BCUT2D eigenvalue weighted by atomic mass is 35.5. The summed E-state index contributed by atoms with van der Waals surface area (Å²) in [6.45, 7) is 6.18. The number of carbonyl (C=O) groups is 1. The lowest BCUT2D eigenvalue weighted by Gasteiger charge is -2.30. The fraction of sp³-hybridized carbons (Fsp3) is 0.500. The Hall–Kier alpha value is -1.63. The van der Waals surface area contributed by atoms with Gasteiger partial charge in [-0.3, -0.25) is 9.69 Å². The van der Waals surface area contributed by atoms with Crippen LogP contribution in [0.25, 0.3) is 11.4 Å². The van der Waals surface area contributed by atoms with Crippen LogP contribution < -0.4 is 5.32 Å². The fourth-order valence-electron chi connectivity index (χ4n) is 3.05. The Balaban J connectivity index is 1.56. The average Bonchev–Trinajstić information content (AvgIpc) is 3.03. The molecule has 1 aromatic heterocycles. The summed E-state index contributed by atoms with van der Waals surface area (Å²) in [5.74, 6) is 1.22. The van der Waals surface area contributed by atoms with Crippen molar-refractivity contribution in [1.29, 1.82) is 0 Å². The predicted octanol–water partition coefficient (Wildman–Crippen LogP) is 3.78. The lowest BCUT2D eigenvalue weighted by Crippen LogP contribution is -2.42. The molecule has 2 aromatic rings. The number of amides is 1. The number of carbonyl (C=O) groups excluding carboxylic acids is 1. The van der Waals surface area contributed by atoms with E-state index in [0.717, 1.165) is 25.9 Å². The maximum absolute atomic E-state index is 12.1. The molecule has 0 spiro atoms. The SMILES string of the molecule is CC(C)NC(=O)C1CCN(Cc2nc(-c3ccc(Cl)cc3Cl)no2)CC1. The van der Waals surface area contributed by atoms with Crippen molar-refractivity contribution in [3.63, 3.8) is 0 Å². The Morgan fingerprint density at radius 1 is 1.35 bits per heavy atom. The number of benzene rings is 1. The largest absolute Gasteiger partial charge is 0.354 e. The van der Waals surface area contributed by atoms with E-state index in [9.17, 15) is 4.79 Å². The van der Waals surface area contributed by atoms with E-state index in [0.29, 0.717) is 33.9 Å². The molecule has 6 nitrogen and oxygen atoms in total. The number of nitrogens with one attached hydrogen (secondary N) is 1. The molecule has 1 aliphatic rings. The lowest BCUT2D eigenvalue weighted by molar-refractivity contribution is -0.127. The molecule has 1 saturated heterocycles. The van der Waals surface area contributed by atoms with Gasteiger partial charge >= 0.3 is 0 Å². The highest BCUT2D eigenvalue weighted by Crippen LogP contribution is 2.28. The quantitative estimate of drug-likeness (QED) is 0.832. The van der Waals surface area contributed by atoms with Crippen molar-refractivity contribution < 1.29 is 9.32 Å². The van der Waals surface area contributed by atoms with Crippen LogP contribution >= 0.6 is 23.2 Å². The minimum absolute atomic E-state index is 0.0831. The van der Waals surface area contributed by atoms with Crippen LogP contribution in [0.2, 0.25) is 10.0 Å². The Kier molecular flexibility index (Phi) is 6.16. The summed E-state index contributed by atoms with van der Waals surface area (Å²) < 4.78 is 5.36. The number of likely N-dealkylation sites (tertiary alicyclic amines) is 1. The molecular weight excluding hydrogens is 375 g/mol. The number of piperidine rings is 1. The van der Waals surface area contributed by atoms with Gasteiger partial charge in [0.2, 0.25) is 17.6 Å². The number of nitrogens with zero attached hydrogens (tertiary/aromatic N) is 3. The molecular formula is C18H22Cl2N4O2. The van der Waals surface area contributed by atoms with Gasteiger partial charge in [-0.25, -0.2) is 0 Å². The second kappa shape index (κ2) is 8.37. The third-order valence-corrected chi connectivity index (χ3v) is 4.94. The summed E-state index contributed by atoms with van der Waals surface area (Å²) in [5, 5.41) is 8.05. The van der Waals surface area contributed by atoms with Gasteiger partial charge in [-0.1, -0.05) is 28.4 Å². The second-order valence-corrected chi connectivity index (χ2v) is 7.69. The molecule has 1 aliphatic heterocycles. The lowest BCUT2D eigenvalue weighted by atomic mass is 9.95. The first-order valence-electron chi connectivity index (χ1n) is 8.73. The molecule has 0 radical (unpaired) electrons. The first kappa shape index (κ1) is 19.1. The molecule has 140 valence electrons. The smallest absolute Gasteiger partial charge is 0.241 e. The number of rotatable bonds is 5.